The van der Waals surface area contributed by atoms with Crippen molar-refractivity contribution < 1.29 is 70.4 Å². The fourth-order valence-corrected chi connectivity index (χ4v) is 22.0. The Labute approximate surface area is 602 Å². The van der Waals surface area contributed by atoms with Crippen molar-refractivity contribution in [1.29, 1.82) is 0 Å². The zero-order chi connectivity index (χ0) is 74.1. The number of nitrogen functional groups attached to an aromatic ring is 2. The molecule has 3 unspecified atom stereocenters. The van der Waals surface area contributed by atoms with Crippen molar-refractivity contribution in [3.63, 3.8) is 0 Å². The van der Waals surface area contributed by atoms with E-state index in [-0.39, 0.29) is 87.8 Å². The second-order valence-corrected chi connectivity index (χ2v) is 36.2. The zero-order valence-electron chi connectivity index (χ0n) is 57.9. The van der Waals surface area contributed by atoms with Gasteiger partial charge in [0.1, 0.15) is 54.5 Å². The van der Waals surface area contributed by atoms with Crippen LogP contribution in [0.2, 0.25) is 0 Å². The predicted octanol–water partition coefficient (Wildman–Crippen LogP) is 6.72. The number of aliphatic hydroxyl groups is 3. The molecule has 6 fully saturated rings. The molecule has 0 spiro atoms. The number of nitrogens with two attached hydrogens (primary N) is 2. The number of aliphatic hydroxyl groups excluding tert-OH is 3. The van der Waals surface area contributed by atoms with Gasteiger partial charge in [-0.1, -0.05) is 65.1 Å². The van der Waals surface area contributed by atoms with E-state index in [1.165, 1.54) is 50.9 Å². The van der Waals surface area contributed by atoms with Gasteiger partial charge in [0.2, 0.25) is 17.6 Å². The molecule has 0 radical (unpaired) electrons. The van der Waals surface area contributed by atoms with E-state index in [1.807, 2.05) is 18.4 Å². The number of nitrogens with zero attached hydrogens (tertiary/aromatic N) is 14. The molecule has 8 aromatic heterocycles. The maximum Gasteiger partial charge on any atom is 0.324 e. The molecule has 5 saturated heterocycles. The van der Waals surface area contributed by atoms with Crippen LogP contribution >= 0.6 is 23.8 Å². The molecule has 42 heteroatoms. The molecule has 13 heterocycles. The van der Waals surface area contributed by atoms with Crippen LogP contribution in [-0.4, -0.2) is 204 Å². The van der Waals surface area contributed by atoms with Crippen molar-refractivity contribution in [2.75, 3.05) is 62.2 Å². The number of imidazole rings is 4. The molecule has 8 aromatic rings. The average molecular weight is 1540 g/mol. The number of allylic oxidation sites excluding steroid dienone is 1. The number of fused-ring (bicyclic) bond motifs is 5. The molecule has 14 rings (SSSR count). The van der Waals surface area contributed by atoms with Crippen molar-refractivity contribution in [1.82, 2.24) is 78.1 Å². The Kier molecular flexibility index (Phi) is 24.5. The standard InChI is InChI=1S/C25H38N5O4PS2.C24H32FN10O8PS.C11H14FN5O2.CH3F/c1-7-17-18(33-35(36)34-19-10-16(15(4)5)8-9-25(19,6)37-35)11-20(32-17)30-13-27-21-22(30)28-24(29-23(21)31)26-12-14(2)3;1-10(2)4-27-24-32-21-17(22(38)33-24)31-8-34(21)14-3-11(12(5-36)41-14)43-44(39,45)40-6-13-18(37)15(25)23(42-13)35-9-30-16-19(26)28-7-29-20(16)35;1-5-6(2-18)19-11(7(5)12)17-4-16-8-9(13)14-3-15-10(8)17;1-2/h13-14,16-20H,4,7-12H2,1-3,5-6H3,(H2,26,28,29,31);7-15,18,23,36-37H,3-6H2,1-2H3,(H,39,45)(H2,26,28,29)(H2,27,32,33,38);3-7,11,18H,2H2,1H3,(H2,13,14,15);1H3/t16-,17-,18+,19?,20-,25+,35?;11-,12+,13+,14+,15+,18+,23+,44?;5-,6-,7-,11-;/m101./s1. The van der Waals surface area contributed by atoms with Crippen LogP contribution in [0.25, 0.3) is 44.7 Å². The minimum atomic E-state index is -4.04. The van der Waals surface area contributed by atoms with Gasteiger partial charge in [0, 0.05) is 36.6 Å². The Bertz CT molecular complexity index is 4520. The molecular weight excluding hydrogens is 1450 g/mol. The SMILES string of the molecule is C=C(C)[C@@H]1CC[C@]2(C)SP(=S)(O[C@H]3C[C@H](n4cnc5c(=O)[nH]c(NCC(C)C)nc54)O[C@@H]3CC)OC2C1.CC(C)CNc1nc2c(ncn2[C@H]2C[C@H](OP(O)(=S)OC[C@H]3O[C@@H](n4cnc5c(N)ncnc54)[C@H](F)[C@@H]3O)[C@@H](CO)O2)c(=O)[nH]1.CF.C[C@H]1[C@@H](F)[C@H](n2cnc3c(N)ncnc32)O[C@@H]1CO. The largest absolute Gasteiger partial charge is 0.394 e. The first-order valence-corrected chi connectivity index (χ1v) is 40.2. The fraction of sp³-hybridized carbons (Fsp3) is 0.639. The van der Waals surface area contributed by atoms with E-state index < -0.39 is 98.6 Å². The Morgan fingerprint density at radius 3 is 1.76 bits per heavy atom. The number of rotatable bonds is 21. The third-order valence-corrected chi connectivity index (χ3v) is 26.0. The zero-order valence-corrected chi connectivity index (χ0v) is 62.1. The normalized spacial score (nSPS) is 31.0. The molecule has 564 valence electrons. The van der Waals surface area contributed by atoms with E-state index in [9.17, 15) is 33.5 Å². The Hall–Kier alpha value is -6.30. The molecule has 34 nitrogen and oxygen atoms in total. The Balaban J connectivity index is 0.000000164. The lowest BCUT2D eigenvalue weighted by atomic mass is 9.77. The Morgan fingerprint density at radius 2 is 1.25 bits per heavy atom. The smallest absolute Gasteiger partial charge is 0.324 e. The number of ether oxygens (including phenoxy) is 4. The van der Waals surface area contributed by atoms with E-state index in [1.54, 1.807) is 24.6 Å². The second-order valence-electron chi connectivity index (χ2n) is 26.9. The number of aromatic amines is 2. The van der Waals surface area contributed by atoms with Crippen molar-refractivity contribution in [2.45, 2.75) is 185 Å². The van der Waals surface area contributed by atoms with Crippen LogP contribution in [0.3, 0.4) is 0 Å². The second kappa shape index (κ2) is 32.4. The summed E-state index contributed by atoms with van der Waals surface area (Å²) < 4.78 is 93.0. The highest BCUT2D eigenvalue weighted by Crippen LogP contribution is 2.76. The van der Waals surface area contributed by atoms with Crippen molar-refractivity contribution in [3.8, 4) is 0 Å². The van der Waals surface area contributed by atoms with Gasteiger partial charge in [0.15, 0.2) is 70.1 Å². The van der Waals surface area contributed by atoms with E-state index in [0.717, 1.165) is 25.7 Å². The van der Waals surface area contributed by atoms with Crippen molar-refractivity contribution in [2.24, 2.45) is 23.7 Å². The maximum absolute atomic E-state index is 15.1. The van der Waals surface area contributed by atoms with Crippen LogP contribution in [0.5, 0.6) is 0 Å². The molecule has 0 aromatic carbocycles. The first-order chi connectivity index (χ1) is 49.1. The summed E-state index contributed by atoms with van der Waals surface area (Å²) in [5.41, 5.74) is 11.9. The third-order valence-electron chi connectivity index (χ3n) is 18.6. The van der Waals surface area contributed by atoms with Gasteiger partial charge in [-0.05, 0) is 80.9 Å². The molecule has 19 atom stereocenters. The molecule has 103 heavy (non-hydrogen) atoms. The topological polar surface area (TPSA) is 445 Å². The highest BCUT2D eigenvalue weighted by atomic mass is 32.9. The monoisotopic (exact) mass is 1540 g/mol. The average Bonchev–Trinajstić information content (AvgIpc) is 1.66. The number of alkyl halides is 3. The van der Waals surface area contributed by atoms with Gasteiger partial charge in [-0.2, -0.15) is 9.97 Å². The molecule has 1 saturated carbocycles. The number of hydrogen-bond acceptors (Lipinski definition) is 30. The third kappa shape index (κ3) is 16.6. The molecule has 0 amide bonds. The summed E-state index contributed by atoms with van der Waals surface area (Å²) >= 11 is 13.0. The summed E-state index contributed by atoms with van der Waals surface area (Å²) in [5, 5.41) is 35.9. The summed E-state index contributed by atoms with van der Waals surface area (Å²) in [6.07, 6.45) is 0.800. The van der Waals surface area contributed by atoms with Crippen LogP contribution in [0.1, 0.15) is 119 Å². The molecule has 0 bridgehead atoms. The number of aromatic nitrogens is 16. The minimum absolute atomic E-state index is 0.0209. The number of hydrogen-bond donors (Lipinski definition) is 10. The van der Waals surface area contributed by atoms with Gasteiger partial charge >= 0.3 is 6.72 Å². The lowest BCUT2D eigenvalue weighted by Crippen LogP contribution is -2.39. The highest BCUT2D eigenvalue weighted by molar-refractivity contribution is 8.68. The summed E-state index contributed by atoms with van der Waals surface area (Å²) in [7, 11) is 0.500. The summed E-state index contributed by atoms with van der Waals surface area (Å²) in [4.78, 5) is 83.1. The number of halogens is 3. The van der Waals surface area contributed by atoms with E-state index >= 15 is 4.39 Å². The van der Waals surface area contributed by atoms with Gasteiger partial charge < -0.3 is 79.4 Å². The van der Waals surface area contributed by atoms with Crippen LogP contribution in [0.4, 0.5) is 36.7 Å². The lowest BCUT2D eigenvalue weighted by Gasteiger charge is -2.37. The minimum Gasteiger partial charge on any atom is -0.394 e. The van der Waals surface area contributed by atoms with E-state index in [0.29, 0.717) is 72.7 Å². The summed E-state index contributed by atoms with van der Waals surface area (Å²) in [5.74, 6) is 1.83. The lowest BCUT2D eigenvalue weighted by molar-refractivity contribution is -0.0519. The first-order valence-electron chi connectivity index (χ1n) is 33.5. The van der Waals surface area contributed by atoms with Gasteiger partial charge in [0.05, 0.1) is 82.8 Å². The van der Waals surface area contributed by atoms with Gasteiger partial charge in [-0.25, -0.2) is 48.7 Å². The van der Waals surface area contributed by atoms with E-state index in [4.69, 9.17) is 77.2 Å². The van der Waals surface area contributed by atoms with Crippen LogP contribution in [-0.2, 0) is 60.7 Å². The van der Waals surface area contributed by atoms with Gasteiger partial charge in [0.25, 0.3) is 11.1 Å². The molecule has 5 aliphatic heterocycles. The molecular formula is C61H87F3N20O14P2S3. The fourth-order valence-electron chi connectivity index (χ4n) is 13.0. The molecule has 12 N–H and O–H groups in total. The summed E-state index contributed by atoms with van der Waals surface area (Å²) in [6, 6.07) is 0. The van der Waals surface area contributed by atoms with E-state index in [2.05, 4.69) is 112 Å². The van der Waals surface area contributed by atoms with Crippen LogP contribution in [0.15, 0.2) is 59.7 Å². The maximum atomic E-state index is 15.1. The number of anilines is 4. The number of H-pyrrole nitrogens is 2. The first kappa shape index (κ1) is 77.8. The predicted molar refractivity (Wildman–Crippen MR) is 383 cm³/mol. The molecule has 6 aliphatic rings. The number of nitrogens with one attached hydrogen (secondary N) is 4. The molecule has 1 aliphatic carbocycles. The van der Waals surface area contributed by atoms with Crippen LogP contribution in [0, 0.1) is 23.7 Å². The Morgan fingerprint density at radius 1 is 0.757 bits per heavy atom. The van der Waals surface area contributed by atoms with Crippen LogP contribution < -0.4 is 33.2 Å². The van der Waals surface area contributed by atoms with Crippen molar-refractivity contribution in [3.05, 3.63) is 70.8 Å². The van der Waals surface area contributed by atoms with Gasteiger partial charge in [-0.15, -0.1) is 0 Å². The van der Waals surface area contributed by atoms with Crippen molar-refractivity contribution >= 4 is 116 Å². The van der Waals surface area contributed by atoms with Gasteiger partial charge in [-0.3, -0.25) is 42.2 Å². The quantitative estimate of drug-likeness (QED) is 0.0263. The summed E-state index contributed by atoms with van der Waals surface area (Å²) in [6.45, 7) is 16.6. The highest BCUT2D eigenvalue weighted by Gasteiger charge is 2.55.